The van der Waals surface area contributed by atoms with Crippen LogP contribution in [0.1, 0.15) is 32.6 Å². The molecule has 0 unspecified atom stereocenters. The van der Waals surface area contributed by atoms with E-state index in [9.17, 15) is 9.59 Å². The van der Waals surface area contributed by atoms with Gasteiger partial charge in [-0.25, -0.2) is 0 Å². The third-order valence-electron chi connectivity index (χ3n) is 3.68. The van der Waals surface area contributed by atoms with Crippen LogP contribution >= 0.6 is 0 Å². The van der Waals surface area contributed by atoms with Gasteiger partial charge in [0.1, 0.15) is 5.75 Å². The Morgan fingerprint density at radius 1 is 1.04 bits per heavy atom. The molecule has 124 valence electrons. The Labute approximate surface area is 141 Å². The molecule has 0 radical (unpaired) electrons. The molecule has 0 saturated heterocycles. The molecule has 0 spiro atoms. The topological polar surface area (TPSA) is 69.4 Å². The van der Waals surface area contributed by atoms with Crippen LogP contribution in [-0.4, -0.2) is 18.3 Å². The minimum Gasteiger partial charge on any atom is -0.484 e. The Hall–Kier alpha value is -2.88. The molecule has 0 atom stereocenters. The molecule has 2 N–H and O–H groups in total. The van der Waals surface area contributed by atoms with Gasteiger partial charge in [-0.1, -0.05) is 29.8 Å². The summed E-state index contributed by atoms with van der Waals surface area (Å²) < 4.78 is 5.29. The number of carbonyl (C=O) groups is 2. The van der Waals surface area contributed by atoms with Crippen molar-refractivity contribution < 1.29 is 14.3 Å². The number of primary amides is 1. The molecule has 1 amide bonds. The number of benzene rings is 2. The second-order valence-corrected chi connectivity index (χ2v) is 5.79. The fourth-order valence-electron chi connectivity index (χ4n) is 2.31. The van der Waals surface area contributed by atoms with E-state index in [-0.39, 0.29) is 12.4 Å². The lowest BCUT2D eigenvalue weighted by Crippen LogP contribution is -2.20. The maximum Gasteiger partial charge on any atom is 0.255 e. The zero-order valence-electron chi connectivity index (χ0n) is 14.1. The van der Waals surface area contributed by atoms with E-state index in [1.807, 2.05) is 45.0 Å². The fraction of sp³-hybridized carbons (Fsp3) is 0.200. The second-order valence-electron chi connectivity index (χ2n) is 5.79. The summed E-state index contributed by atoms with van der Waals surface area (Å²) in [5.41, 5.74) is 9.71. The summed E-state index contributed by atoms with van der Waals surface area (Å²) in [6, 6.07) is 11.2. The van der Waals surface area contributed by atoms with E-state index in [1.165, 1.54) is 0 Å². The predicted octanol–water partition coefficient (Wildman–Crippen LogP) is 3.37. The van der Waals surface area contributed by atoms with Crippen LogP contribution in [0.4, 0.5) is 0 Å². The van der Waals surface area contributed by atoms with Gasteiger partial charge in [0.05, 0.1) is 0 Å². The van der Waals surface area contributed by atoms with Gasteiger partial charge in [0, 0.05) is 5.56 Å². The summed E-state index contributed by atoms with van der Waals surface area (Å²) in [7, 11) is 0. The normalized spacial score (nSPS) is 10.8. The van der Waals surface area contributed by atoms with Crippen LogP contribution in [0.2, 0.25) is 0 Å². The second kappa shape index (κ2) is 7.59. The van der Waals surface area contributed by atoms with Crippen molar-refractivity contribution in [2.75, 3.05) is 6.61 Å². The van der Waals surface area contributed by atoms with E-state index >= 15 is 0 Å². The molecule has 0 aliphatic rings. The number of allylic oxidation sites excluding steroid dienone is 1. The summed E-state index contributed by atoms with van der Waals surface area (Å²) >= 11 is 0. The number of rotatable bonds is 6. The van der Waals surface area contributed by atoms with Gasteiger partial charge in [0.15, 0.2) is 12.4 Å². The number of ketones is 1. The summed E-state index contributed by atoms with van der Waals surface area (Å²) in [5.74, 6) is -0.0738. The van der Waals surface area contributed by atoms with Gasteiger partial charge < -0.3 is 10.5 Å². The van der Waals surface area contributed by atoms with Crippen molar-refractivity contribution in [3.63, 3.8) is 0 Å². The molecule has 0 fully saturated rings. The molecule has 0 aromatic heterocycles. The van der Waals surface area contributed by atoms with E-state index < -0.39 is 5.91 Å². The SMILES string of the molecule is Cc1ccc(C)c(/C=C/C(=O)c2ccc(OCC(N)=O)c(C)c2)c1. The minimum atomic E-state index is -0.536. The molecule has 0 saturated carbocycles. The molecule has 0 aliphatic heterocycles. The maximum absolute atomic E-state index is 12.3. The lowest BCUT2D eigenvalue weighted by Gasteiger charge is -2.08. The molecule has 0 bridgehead atoms. The predicted molar refractivity (Wildman–Crippen MR) is 95.1 cm³/mol. The molecular weight excluding hydrogens is 302 g/mol. The number of nitrogens with two attached hydrogens (primary N) is 1. The molecule has 0 aliphatic carbocycles. The van der Waals surface area contributed by atoms with Crippen LogP contribution in [0.15, 0.2) is 42.5 Å². The Bertz CT molecular complexity index is 807. The Kier molecular flexibility index (Phi) is 5.53. The van der Waals surface area contributed by atoms with Crippen molar-refractivity contribution in [1.29, 1.82) is 0 Å². The van der Waals surface area contributed by atoms with E-state index in [4.69, 9.17) is 10.5 Å². The fourth-order valence-corrected chi connectivity index (χ4v) is 2.31. The Morgan fingerprint density at radius 2 is 1.79 bits per heavy atom. The smallest absolute Gasteiger partial charge is 0.255 e. The van der Waals surface area contributed by atoms with Crippen molar-refractivity contribution in [2.24, 2.45) is 5.73 Å². The van der Waals surface area contributed by atoms with Gasteiger partial charge >= 0.3 is 0 Å². The van der Waals surface area contributed by atoms with Crippen LogP contribution in [0.5, 0.6) is 5.75 Å². The van der Waals surface area contributed by atoms with Gasteiger partial charge in [-0.2, -0.15) is 0 Å². The molecule has 4 nitrogen and oxygen atoms in total. The van der Waals surface area contributed by atoms with Crippen LogP contribution in [0.25, 0.3) is 6.08 Å². The number of amides is 1. The number of ether oxygens (including phenoxy) is 1. The third kappa shape index (κ3) is 4.56. The number of hydrogen-bond acceptors (Lipinski definition) is 3. The summed E-state index contributed by atoms with van der Waals surface area (Å²) in [4.78, 5) is 23.1. The largest absolute Gasteiger partial charge is 0.484 e. The first-order chi connectivity index (χ1) is 11.4. The molecule has 24 heavy (non-hydrogen) atoms. The van der Waals surface area contributed by atoms with Crippen molar-refractivity contribution in [2.45, 2.75) is 20.8 Å². The zero-order chi connectivity index (χ0) is 17.7. The highest BCUT2D eigenvalue weighted by atomic mass is 16.5. The third-order valence-corrected chi connectivity index (χ3v) is 3.68. The van der Waals surface area contributed by atoms with Crippen molar-refractivity contribution in [1.82, 2.24) is 0 Å². The van der Waals surface area contributed by atoms with Gasteiger partial charge in [0.2, 0.25) is 0 Å². The van der Waals surface area contributed by atoms with E-state index in [0.717, 1.165) is 22.3 Å². The first-order valence-electron chi connectivity index (χ1n) is 7.68. The average Bonchev–Trinajstić information content (AvgIpc) is 2.54. The van der Waals surface area contributed by atoms with Gasteiger partial charge in [0.25, 0.3) is 5.91 Å². The summed E-state index contributed by atoms with van der Waals surface area (Å²) in [6.07, 6.45) is 3.40. The monoisotopic (exact) mass is 323 g/mol. The lowest BCUT2D eigenvalue weighted by atomic mass is 10.0. The van der Waals surface area contributed by atoms with Crippen LogP contribution in [-0.2, 0) is 4.79 Å². The Balaban J connectivity index is 2.15. The summed E-state index contributed by atoms with van der Waals surface area (Å²) in [5, 5.41) is 0. The average molecular weight is 323 g/mol. The quantitative estimate of drug-likeness (QED) is 0.654. The van der Waals surface area contributed by atoms with Crippen molar-refractivity contribution in [3.05, 3.63) is 70.3 Å². The van der Waals surface area contributed by atoms with Gasteiger partial charge in [-0.3, -0.25) is 9.59 Å². The van der Waals surface area contributed by atoms with Crippen molar-refractivity contribution >= 4 is 17.8 Å². The first-order valence-corrected chi connectivity index (χ1v) is 7.68. The number of hydrogen-bond donors (Lipinski definition) is 1. The molecule has 2 rings (SSSR count). The van der Waals surface area contributed by atoms with Crippen LogP contribution in [0.3, 0.4) is 0 Å². The van der Waals surface area contributed by atoms with Crippen LogP contribution in [0, 0.1) is 20.8 Å². The van der Waals surface area contributed by atoms with Crippen LogP contribution < -0.4 is 10.5 Å². The van der Waals surface area contributed by atoms with Gasteiger partial charge in [-0.15, -0.1) is 0 Å². The van der Waals surface area contributed by atoms with E-state index in [2.05, 4.69) is 0 Å². The number of aryl methyl sites for hydroxylation is 3. The molecule has 2 aromatic carbocycles. The van der Waals surface area contributed by atoms with Crippen molar-refractivity contribution in [3.8, 4) is 5.75 Å². The maximum atomic E-state index is 12.3. The number of carbonyl (C=O) groups excluding carboxylic acids is 2. The molecule has 4 heteroatoms. The van der Waals surface area contributed by atoms with E-state index in [1.54, 1.807) is 24.3 Å². The molecule has 2 aromatic rings. The first kappa shape index (κ1) is 17.5. The Morgan fingerprint density at radius 3 is 2.46 bits per heavy atom. The molecular formula is C20H21NO3. The zero-order valence-corrected chi connectivity index (χ0v) is 14.1. The summed E-state index contributed by atoms with van der Waals surface area (Å²) in [6.45, 7) is 5.67. The van der Waals surface area contributed by atoms with E-state index in [0.29, 0.717) is 11.3 Å². The lowest BCUT2D eigenvalue weighted by molar-refractivity contribution is -0.119. The highest BCUT2D eigenvalue weighted by Gasteiger charge is 2.07. The highest BCUT2D eigenvalue weighted by molar-refractivity contribution is 6.07. The van der Waals surface area contributed by atoms with Gasteiger partial charge in [-0.05, 0) is 61.7 Å². The minimum absolute atomic E-state index is 0.0829. The highest BCUT2D eigenvalue weighted by Crippen LogP contribution is 2.20. The standard InChI is InChI=1S/C20H21NO3/c1-13-4-5-14(2)16(10-13)6-8-18(22)17-7-9-19(15(3)11-17)24-12-20(21)23/h4-11H,12H2,1-3H3,(H2,21,23)/b8-6+. The molecule has 0 heterocycles.